The van der Waals surface area contributed by atoms with Gasteiger partial charge in [0.05, 0.1) is 10.6 Å². The molecule has 0 aliphatic carbocycles. The second-order valence-electron chi connectivity index (χ2n) is 6.77. The highest BCUT2D eigenvalue weighted by Crippen LogP contribution is 2.31. The standard InChI is InChI=1S/C22H33F2N3OS/c1-7-19(23)18(20(24)8-2)15-29-21(16(5)25-6)22(28)27-13-11-17(12-14-27)26(9-3)10-4/h7-8,17H,1,6,9-15H2,2-5H3/b19-18+,20-8+,21-16-. The Morgan fingerprint density at radius 1 is 1.28 bits per heavy atom. The number of halogens is 2. The van der Waals surface area contributed by atoms with Gasteiger partial charge >= 0.3 is 0 Å². The van der Waals surface area contributed by atoms with Crippen LogP contribution in [0.15, 0.2) is 51.6 Å². The fraction of sp³-hybridized carbons (Fsp3) is 0.545. The van der Waals surface area contributed by atoms with Crippen molar-refractivity contribution in [3.8, 4) is 0 Å². The first-order valence-corrected chi connectivity index (χ1v) is 11.0. The molecule has 1 rings (SSSR count). The van der Waals surface area contributed by atoms with Gasteiger partial charge in [-0.25, -0.2) is 8.78 Å². The number of aliphatic imine (C=N–C) groups is 1. The van der Waals surface area contributed by atoms with Crippen molar-refractivity contribution >= 4 is 24.4 Å². The zero-order chi connectivity index (χ0) is 22.0. The summed E-state index contributed by atoms with van der Waals surface area (Å²) in [7, 11) is 0. The van der Waals surface area contributed by atoms with E-state index in [-0.39, 0.29) is 17.2 Å². The van der Waals surface area contributed by atoms with Crippen LogP contribution in [0.2, 0.25) is 0 Å². The molecule has 1 heterocycles. The zero-order valence-corrected chi connectivity index (χ0v) is 18.8. The lowest BCUT2D eigenvalue weighted by molar-refractivity contribution is -0.127. The molecule has 0 bridgehead atoms. The summed E-state index contributed by atoms with van der Waals surface area (Å²) in [4.78, 5) is 21.6. The van der Waals surface area contributed by atoms with Crippen molar-refractivity contribution in [2.75, 3.05) is 31.9 Å². The Hall–Kier alpha value is -1.73. The van der Waals surface area contributed by atoms with Crippen LogP contribution in [0.4, 0.5) is 8.78 Å². The number of piperidine rings is 1. The van der Waals surface area contributed by atoms with Gasteiger partial charge in [0, 0.05) is 30.5 Å². The van der Waals surface area contributed by atoms with Gasteiger partial charge in [-0.2, -0.15) is 0 Å². The minimum Gasteiger partial charge on any atom is -0.338 e. The van der Waals surface area contributed by atoms with Gasteiger partial charge in [0.2, 0.25) is 0 Å². The Kier molecular flexibility index (Phi) is 11.1. The molecule has 29 heavy (non-hydrogen) atoms. The lowest BCUT2D eigenvalue weighted by Gasteiger charge is -2.38. The number of allylic oxidation sites excluding steroid dienone is 5. The molecule has 4 nitrogen and oxygen atoms in total. The Bertz CT molecular complexity index is 688. The maximum Gasteiger partial charge on any atom is 0.262 e. The van der Waals surface area contributed by atoms with Gasteiger partial charge in [-0.15, -0.1) is 11.8 Å². The van der Waals surface area contributed by atoms with E-state index in [1.54, 1.807) is 11.8 Å². The molecule has 1 amide bonds. The largest absolute Gasteiger partial charge is 0.338 e. The maximum atomic E-state index is 14.1. The van der Waals surface area contributed by atoms with Gasteiger partial charge in [0.25, 0.3) is 5.91 Å². The monoisotopic (exact) mass is 425 g/mol. The van der Waals surface area contributed by atoms with E-state index in [4.69, 9.17) is 0 Å². The van der Waals surface area contributed by atoms with Crippen molar-refractivity contribution in [3.05, 3.63) is 46.6 Å². The van der Waals surface area contributed by atoms with E-state index in [1.165, 1.54) is 13.0 Å². The highest BCUT2D eigenvalue weighted by Gasteiger charge is 2.28. The van der Waals surface area contributed by atoms with Crippen molar-refractivity contribution in [2.24, 2.45) is 4.99 Å². The number of hydrogen-bond donors (Lipinski definition) is 0. The molecule has 0 radical (unpaired) electrons. The summed E-state index contributed by atoms with van der Waals surface area (Å²) in [6, 6.07) is 0.479. The molecular weight excluding hydrogens is 392 g/mol. The average Bonchev–Trinajstić information content (AvgIpc) is 2.76. The molecule has 1 fully saturated rings. The van der Waals surface area contributed by atoms with E-state index < -0.39 is 11.7 Å². The zero-order valence-electron chi connectivity index (χ0n) is 18.0. The number of thioether (sulfide) groups is 1. The number of likely N-dealkylation sites (tertiary alicyclic amines) is 1. The van der Waals surface area contributed by atoms with Crippen LogP contribution in [0.25, 0.3) is 0 Å². The highest BCUT2D eigenvalue weighted by atomic mass is 32.2. The third-order valence-corrected chi connectivity index (χ3v) is 6.40. The van der Waals surface area contributed by atoms with Crippen molar-refractivity contribution in [3.63, 3.8) is 0 Å². The molecule has 0 saturated carbocycles. The number of hydrogen-bond acceptors (Lipinski definition) is 4. The Labute approximate surface area is 178 Å². The van der Waals surface area contributed by atoms with Crippen molar-refractivity contribution in [2.45, 2.75) is 46.6 Å². The van der Waals surface area contributed by atoms with Crippen LogP contribution in [0.5, 0.6) is 0 Å². The Balaban J connectivity index is 2.94. The minimum absolute atomic E-state index is 0.0299. The number of carbonyl (C=O) groups excluding carboxylic acids is 1. The lowest BCUT2D eigenvalue weighted by Crippen LogP contribution is -2.47. The SMILES string of the molecule is C=C/C(F)=C(CS/C(C(=O)N1CCC(N(CC)CC)CC1)=C(/C)N=C)\C(F)=C/C. The molecular formula is C22H33F2N3OS. The molecule has 0 aromatic heterocycles. The second kappa shape index (κ2) is 12.8. The van der Waals surface area contributed by atoms with Gasteiger partial charge in [0.1, 0.15) is 11.7 Å². The van der Waals surface area contributed by atoms with E-state index in [2.05, 4.69) is 37.0 Å². The van der Waals surface area contributed by atoms with Crippen LogP contribution >= 0.6 is 11.8 Å². The second-order valence-corrected chi connectivity index (χ2v) is 7.76. The fourth-order valence-electron chi connectivity index (χ4n) is 3.40. The predicted octanol–water partition coefficient (Wildman–Crippen LogP) is 5.27. The number of nitrogens with zero attached hydrogens (tertiary/aromatic N) is 3. The smallest absolute Gasteiger partial charge is 0.262 e. The lowest BCUT2D eigenvalue weighted by atomic mass is 10.0. The molecule has 1 saturated heterocycles. The third-order valence-electron chi connectivity index (χ3n) is 5.21. The first-order chi connectivity index (χ1) is 13.8. The molecule has 1 aliphatic heterocycles. The normalized spacial score (nSPS) is 17.8. The van der Waals surface area contributed by atoms with Crippen LogP contribution in [-0.4, -0.2) is 60.4 Å². The molecule has 0 N–H and O–H groups in total. The first kappa shape index (κ1) is 25.3. The first-order valence-electron chi connectivity index (χ1n) is 10.0. The summed E-state index contributed by atoms with van der Waals surface area (Å²) < 4.78 is 28.1. The topological polar surface area (TPSA) is 35.9 Å². The molecule has 0 atom stereocenters. The number of amides is 1. The summed E-state index contributed by atoms with van der Waals surface area (Å²) in [5.74, 6) is -1.58. The molecule has 162 valence electrons. The summed E-state index contributed by atoms with van der Waals surface area (Å²) in [5.41, 5.74) is 0.347. The molecule has 0 aromatic rings. The van der Waals surface area contributed by atoms with Crippen LogP contribution in [0.3, 0.4) is 0 Å². The Morgan fingerprint density at radius 2 is 1.86 bits per heavy atom. The molecule has 7 heteroatoms. The van der Waals surface area contributed by atoms with Crippen LogP contribution < -0.4 is 0 Å². The van der Waals surface area contributed by atoms with E-state index >= 15 is 0 Å². The van der Waals surface area contributed by atoms with E-state index in [0.29, 0.717) is 29.7 Å². The van der Waals surface area contributed by atoms with Gasteiger partial charge in [-0.05, 0) is 52.6 Å². The van der Waals surface area contributed by atoms with E-state index in [9.17, 15) is 13.6 Å². The molecule has 1 aliphatic rings. The van der Waals surface area contributed by atoms with Gasteiger partial charge in [-0.3, -0.25) is 9.79 Å². The van der Waals surface area contributed by atoms with Gasteiger partial charge in [-0.1, -0.05) is 26.5 Å². The van der Waals surface area contributed by atoms with Gasteiger partial charge in [0.15, 0.2) is 0 Å². The minimum atomic E-state index is -0.732. The van der Waals surface area contributed by atoms with Crippen LogP contribution in [0.1, 0.15) is 40.5 Å². The summed E-state index contributed by atoms with van der Waals surface area (Å²) in [6.07, 6.45) is 3.99. The number of rotatable bonds is 10. The van der Waals surface area contributed by atoms with E-state index in [0.717, 1.165) is 43.8 Å². The highest BCUT2D eigenvalue weighted by molar-refractivity contribution is 8.04. The molecule has 0 spiro atoms. The van der Waals surface area contributed by atoms with Crippen LogP contribution in [-0.2, 0) is 4.79 Å². The summed E-state index contributed by atoms with van der Waals surface area (Å²) >= 11 is 1.09. The van der Waals surface area contributed by atoms with Gasteiger partial charge < -0.3 is 9.80 Å². The summed E-state index contributed by atoms with van der Waals surface area (Å²) in [6.45, 7) is 17.7. The van der Waals surface area contributed by atoms with Crippen molar-refractivity contribution in [1.82, 2.24) is 9.80 Å². The van der Waals surface area contributed by atoms with E-state index in [1.807, 2.05) is 0 Å². The van der Waals surface area contributed by atoms with Crippen molar-refractivity contribution < 1.29 is 13.6 Å². The number of carbonyl (C=O) groups is 1. The maximum absolute atomic E-state index is 14.1. The quantitative estimate of drug-likeness (QED) is 0.272. The van der Waals surface area contributed by atoms with Crippen molar-refractivity contribution in [1.29, 1.82) is 0 Å². The fourth-order valence-corrected chi connectivity index (χ4v) is 4.49. The average molecular weight is 426 g/mol. The molecule has 0 unspecified atom stereocenters. The van der Waals surface area contributed by atoms with Crippen LogP contribution in [0, 0.1) is 0 Å². The summed E-state index contributed by atoms with van der Waals surface area (Å²) in [5, 5.41) is 0. The third kappa shape index (κ3) is 6.93. The molecule has 0 aromatic carbocycles. The Morgan fingerprint density at radius 3 is 2.31 bits per heavy atom. The predicted molar refractivity (Wildman–Crippen MR) is 120 cm³/mol.